The Hall–Kier alpha value is -4.20. The lowest BCUT2D eigenvalue weighted by Gasteiger charge is -2.32. The number of aromatic nitrogens is 2. The fourth-order valence-corrected chi connectivity index (χ4v) is 4.28. The molecule has 0 fully saturated rings. The summed E-state index contributed by atoms with van der Waals surface area (Å²) in [5, 5.41) is 3.14. The van der Waals surface area contributed by atoms with Gasteiger partial charge in [-0.25, -0.2) is 4.79 Å². The van der Waals surface area contributed by atoms with E-state index in [4.69, 9.17) is 10.5 Å². The first kappa shape index (κ1) is 19.7. The first-order valence-corrected chi connectivity index (χ1v) is 10.3. The number of benzene rings is 2. The van der Waals surface area contributed by atoms with Crippen molar-refractivity contribution in [2.45, 2.75) is 25.2 Å². The number of ether oxygens (including phenoxy) is 1. The number of nitrogens with zero attached hydrogens (tertiary/aromatic N) is 1. The Labute approximate surface area is 183 Å². The molecule has 0 amide bonds. The zero-order valence-electron chi connectivity index (χ0n) is 17.1. The van der Waals surface area contributed by atoms with Crippen molar-refractivity contribution < 1.29 is 14.3 Å². The van der Waals surface area contributed by atoms with E-state index in [9.17, 15) is 14.4 Å². The lowest BCUT2D eigenvalue weighted by Crippen LogP contribution is -2.32. The number of allylic oxidation sites excluding steroid dienone is 2. The predicted octanol–water partition coefficient (Wildman–Crippen LogP) is 3.14. The fraction of sp³-hybridized carbons (Fsp3) is 0.167. The Morgan fingerprint density at radius 2 is 1.78 bits per heavy atom. The van der Waals surface area contributed by atoms with E-state index in [0.29, 0.717) is 41.1 Å². The van der Waals surface area contributed by atoms with Gasteiger partial charge in [0.1, 0.15) is 11.6 Å². The smallest absolute Gasteiger partial charge is 0.343 e. The van der Waals surface area contributed by atoms with Crippen LogP contribution in [0, 0.1) is 0 Å². The molecule has 1 aliphatic heterocycles. The van der Waals surface area contributed by atoms with Crippen molar-refractivity contribution in [1.82, 2.24) is 9.97 Å². The summed E-state index contributed by atoms with van der Waals surface area (Å²) in [5.74, 6) is -0.298. The molecule has 1 aliphatic carbocycles. The van der Waals surface area contributed by atoms with E-state index >= 15 is 0 Å². The predicted molar refractivity (Wildman–Crippen MR) is 118 cm³/mol. The van der Waals surface area contributed by atoms with Crippen LogP contribution in [0.15, 0.2) is 70.7 Å². The minimum Gasteiger partial charge on any atom is -0.423 e. The maximum absolute atomic E-state index is 12.8. The highest BCUT2D eigenvalue weighted by atomic mass is 16.5. The first-order valence-electron chi connectivity index (χ1n) is 10.3. The highest BCUT2D eigenvalue weighted by Crippen LogP contribution is 2.43. The third kappa shape index (κ3) is 3.45. The van der Waals surface area contributed by atoms with Crippen LogP contribution in [0.4, 0.5) is 11.8 Å². The van der Waals surface area contributed by atoms with Crippen molar-refractivity contribution in [1.29, 1.82) is 0 Å². The molecule has 0 bridgehead atoms. The number of aromatic amines is 1. The third-order valence-corrected chi connectivity index (χ3v) is 5.71. The lowest BCUT2D eigenvalue weighted by atomic mass is 9.76. The highest BCUT2D eigenvalue weighted by Gasteiger charge is 2.37. The number of ketones is 1. The summed E-state index contributed by atoms with van der Waals surface area (Å²) in [6.07, 6.45) is 1.86. The molecule has 160 valence electrons. The van der Waals surface area contributed by atoms with Gasteiger partial charge in [0.05, 0.1) is 11.1 Å². The summed E-state index contributed by atoms with van der Waals surface area (Å²) in [5.41, 5.74) is 8.22. The highest BCUT2D eigenvalue weighted by molar-refractivity contribution is 6.01. The molecule has 4 N–H and O–H groups in total. The van der Waals surface area contributed by atoms with Crippen LogP contribution in [0.2, 0.25) is 0 Å². The molecule has 32 heavy (non-hydrogen) atoms. The molecule has 3 aromatic rings. The summed E-state index contributed by atoms with van der Waals surface area (Å²) >= 11 is 0. The van der Waals surface area contributed by atoms with Crippen molar-refractivity contribution in [3.05, 3.63) is 92.9 Å². The molecular formula is C24H20N4O4. The van der Waals surface area contributed by atoms with Crippen LogP contribution in [0.25, 0.3) is 0 Å². The zero-order chi connectivity index (χ0) is 22.2. The second-order valence-electron chi connectivity index (χ2n) is 7.77. The SMILES string of the molecule is Nc1nc2c(c(=O)[nH]1)C(c1ccc(OC(=O)c3ccccc3)cc1)C1=C(CCCC1=O)N2. The number of nitrogens with one attached hydrogen (secondary N) is 2. The van der Waals surface area contributed by atoms with Crippen molar-refractivity contribution >= 4 is 23.5 Å². The molecule has 2 aromatic carbocycles. The van der Waals surface area contributed by atoms with E-state index in [2.05, 4.69) is 15.3 Å². The molecule has 0 saturated carbocycles. The quantitative estimate of drug-likeness (QED) is 0.432. The van der Waals surface area contributed by atoms with Crippen LogP contribution in [0.5, 0.6) is 5.75 Å². The molecule has 8 nitrogen and oxygen atoms in total. The van der Waals surface area contributed by atoms with Crippen molar-refractivity contribution in [2.24, 2.45) is 0 Å². The van der Waals surface area contributed by atoms with Crippen LogP contribution in [0.1, 0.15) is 46.7 Å². The van der Waals surface area contributed by atoms with E-state index in [1.54, 1.807) is 48.5 Å². The average molecular weight is 428 g/mol. The number of carbonyl (C=O) groups excluding carboxylic acids is 2. The number of H-pyrrole nitrogens is 1. The van der Waals surface area contributed by atoms with Gasteiger partial charge in [0.15, 0.2) is 5.78 Å². The Kier molecular flexibility index (Phi) is 4.82. The van der Waals surface area contributed by atoms with Crippen LogP contribution in [-0.4, -0.2) is 21.7 Å². The number of nitrogens with two attached hydrogens (primary N) is 1. The average Bonchev–Trinajstić information content (AvgIpc) is 2.79. The second-order valence-corrected chi connectivity index (χ2v) is 7.77. The molecule has 8 heteroatoms. The minimum absolute atomic E-state index is 0.00482. The summed E-state index contributed by atoms with van der Waals surface area (Å²) in [6.45, 7) is 0. The van der Waals surface area contributed by atoms with Gasteiger partial charge in [-0.1, -0.05) is 30.3 Å². The molecule has 2 aliphatic rings. The zero-order valence-corrected chi connectivity index (χ0v) is 17.1. The molecule has 1 aromatic heterocycles. The largest absolute Gasteiger partial charge is 0.423 e. The number of hydrogen-bond donors (Lipinski definition) is 3. The number of rotatable bonds is 3. The molecule has 0 spiro atoms. The minimum atomic E-state index is -0.579. The molecule has 2 heterocycles. The monoisotopic (exact) mass is 428 g/mol. The molecule has 0 saturated heterocycles. The molecule has 0 radical (unpaired) electrons. The molecule has 5 rings (SSSR count). The van der Waals surface area contributed by atoms with Crippen molar-refractivity contribution in [3.63, 3.8) is 0 Å². The summed E-state index contributed by atoms with van der Waals surface area (Å²) in [6, 6.07) is 15.5. The first-order chi connectivity index (χ1) is 15.5. The van der Waals surface area contributed by atoms with E-state index in [-0.39, 0.29) is 11.7 Å². The van der Waals surface area contributed by atoms with Crippen molar-refractivity contribution in [3.8, 4) is 5.75 Å². The van der Waals surface area contributed by atoms with E-state index < -0.39 is 17.4 Å². The number of fused-ring (bicyclic) bond motifs is 1. The van der Waals surface area contributed by atoms with Gasteiger partial charge in [0.25, 0.3) is 5.56 Å². The van der Waals surface area contributed by atoms with Gasteiger partial charge in [0.2, 0.25) is 5.95 Å². The number of anilines is 2. The van der Waals surface area contributed by atoms with Gasteiger partial charge in [-0.05, 0) is 42.7 Å². The Balaban J connectivity index is 1.53. The lowest BCUT2D eigenvalue weighted by molar-refractivity contribution is -0.116. The van der Waals surface area contributed by atoms with Crippen LogP contribution in [-0.2, 0) is 4.79 Å². The normalized spacial score (nSPS) is 17.2. The Bertz CT molecular complexity index is 1310. The van der Waals surface area contributed by atoms with Crippen LogP contribution in [0.3, 0.4) is 0 Å². The van der Waals surface area contributed by atoms with Gasteiger partial charge < -0.3 is 15.8 Å². The van der Waals surface area contributed by atoms with E-state index in [0.717, 1.165) is 17.7 Å². The van der Waals surface area contributed by atoms with E-state index in [1.807, 2.05) is 6.07 Å². The van der Waals surface area contributed by atoms with Crippen LogP contribution >= 0.6 is 0 Å². The molecule has 1 atom stereocenters. The molecule has 1 unspecified atom stereocenters. The van der Waals surface area contributed by atoms with Crippen molar-refractivity contribution in [2.75, 3.05) is 11.1 Å². The maximum atomic E-state index is 12.8. The van der Waals surface area contributed by atoms with Gasteiger partial charge >= 0.3 is 5.97 Å². The number of nitrogen functional groups attached to an aromatic ring is 1. The van der Waals surface area contributed by atoms with Gasteiger partial charge in [-0.3, -0.25) is 14.6 Å². The number of Topliss-reactive ketones (excluding diaryl/α,β-unsaturated/α-hetero) is 1. The number of hydrogen-bond acceptors (Lipinski definition) is 7. The summed E-state index contributed by atoms with van der Waals surface area (Å²) in [7, 11) is 0. The van der Waals surface area contributed by atoms with Gasteiger partial charge in [-0.15, -0.1) is 0 Å². The molecular weight excluding hydrogens is 408 g/mol. The third-order valence-electron chi connectivity index (χ3n) is 5.71. The standard InChI is InChI=1S/C24H20N4O4/c25-24-27-21-20(22(30)28-24)18(19-16(26-21)7-4-8-17(19)29)13-9-11-15(12-10-13)32-23(31)14-5-2-1-3-6-14/h1-3,5-6,9-12,18H,4,7-8H2,(H4,25,26,27,28,30). The van der Waals surface area contributed by atoms with Gasteiger partial charge in [0, 0.05) is 23.6 Å². The fourth-order valence-electron chi connectivity index (χ4n) is 4.28. The van der Waals surface area contributed by atoms with Gasteiger partial charge in [-0.2, -0.15) is 4.98 Å². The Morgan fingerprint density at radius 3 is 2.53 bits per heavy atom. The van der Waals surface area contributed by atoms with E-state index in [1.165, 1.54) is 0 Å². The summed E-state index contributed by atoms with van der Waals surface area (Å²) in [4.78, 5) is 44.8. The Morgan fingerprint density at radius 1 is 1.03 bits per heavy atom. The maximum Gasteiger partial charge on any atom is 0.343 e. The number of esters is 1. The summed E-state index contributed by atoms with van der Waals surface area (Å²) < 4.78 is 5.45. The van der Waals surface area contributed by atoms with Crippen LogP contribution < -0.4 is 21.3 Å². The number of carbonyl (C=O) groups is 2. The second kappa shape index (κ2) is 7.81. The topological polar surface area (TPSA) is 127 Å².